The van der Waals surface area contributed by atoms with E-state index >= 15 is 0 Å². The lowest BCUT2D eigenvalue weighted by Gasteiger charge is -2.25. The van der Waals surface area contributed by atoms with Gasteiger partial charge in [-0.05, 0) is 41.2 Å². The molecule has 0 bridgehead atoms. The van der Waals surface area contributed by atoms with Gasteiger partial charge in [-0.25, -0.2) is 0 Å². The molecular weight excluding hydrogens is 518 g/mol. The summed E-state index contributed by atoms with van der Waals surface area (Å²) in [6, 6.07) is 18.2. The van der Waals surface area contributed by atoms with Crippen LogP contribution in [0.15, 0.2) is 87.0 Å². The molecule has 1 atom stereocenters. The zero-order valence-electron chi connectivity index (χ0n) is 21.5. The molecule has 7 nitrogen and oxygen atoms in total. The van der Waals surface area contributed by atoms with E-state index in [1.807, 2.05) is 31.2 Å². The highest BCUT2D eigenvalue weighted by Crippen LogP contribution is 2.44. The lowest BCUT2D eigenvalue weighted by molar-refractivity contribution is -0.117. The predicted octanol–water partition coefficient (Wildman–Crippen LogP) is 6.81. The van der Waals surface area contributed by atoms with Gasteiger partial charge in [0.25, 0.3) is 5.91 Å². The largest absolute Gasteiger partial charge is 0.503 e. The number of thioether (sulfide) groups is 1. The number of aromatic nitrogens is 2. The molecule has 1 N–H and O–H groups in total. The van der Waals surface area contributed by atoms with Crippen LogP contribution in [-0.2, 0) is 16.0 Å². The molecule has 1 unspecified atom stereocenters. The van der Waals surface area contributed by atoms with Gasteiger partial charge >= 0.3 is 0 Å². The molecule has 0 radical (unpaired) electrons. The van der Waals surface area contributed by atoms with Crippen LogP contribution in [0.25, 0.3) is 0 Å². The van der Waals surface area contributed by atoms with Crippen molar-refractivity contribution in [2.24, 2.45) is 0 Å². The first-order valence-electron chi connectivity index (χ1n) is 12.1. The van der Waals surface area contributed by atoms with Gasteiger partial charge in [-0.2, -0.15) is 0 Å². The minimum absolute atomic E-state index is 0.0440. The number of carbonyl (C=O) groups excluding carboxylic acids is 2. The van der Waals surface area contributed by atoms with E-state index in [1.54, 1.807) is 6.07 Å². The molecule has 3 heterocycles. The van der Waals surface area contributed by atoms with Crippen molar-refractivity contribution in [2.45, 2.75) is 49.2 Å². The molecule has 9 heteroatoms. The summed E-state index contributed by atoms with van der Waals surface area (Å²) in [7, 11) is 0. The lowest BCUT2D eigenvalue weighted by atomic mass is 9.85. The monoisotopic (exact) mass is 545 g/mol. The Morgan fingerprint density at radius 3 is 2.42 bits per heavy atom. The van der Waals surface area contributed by atoms with Gasteiger partial charge in [-0.15, -0.1) is 10.2 Å². The topological polar surface area (TPSA) is 96.5 Å². The van der Waals surface area contributed by atoms with Crippen LogP contribution in [0.2, 0.25) is 0 Å². The quantitative estimate of drug-likeness (QED) is 0.155. The normalized spacial score (nSPS) is 15.9. The number of Topliss-reactive ketones (excluding diaryl/α,β-unsaturated/α-hetero) is 1. The van der Waals surface area contributed by atoms with Gasteiger partial charge in [0.15, 0.2) is 15.9 Å². The number of hydrogen-bond acceptors (Lipinski definition) is 8. The molecule has 2 aromatic heterocycles. The molecule has 2 aromatic carbocycles. The van der Waals surface area contributed by atoms with Crippen molar-refractivity contribution in [1.29, 1.82) is 0 Å². The van der Waals surface area contributed by atoms with Gasteiger partial charge < -0.3 is 9.52 Å². The van der Waals surface area contributed by atoms with Crippen LogP contribution in [0, 0.1) is 6.92 Å². The van der Waals surface area contributed by atoms with Crippen molar-refractivity contribution in [1.82, 2.24) is 10.2 Å². The van der Waals surface area contributed by atoms with E-state index in [-0.39, 0.29) is 16.7 Å². The third-order valence-corrected chi connectivity index (χ3v) is 8.50. The third kappa shape index (κ3) is 5.04. The molecule has 4 aromatic rings. The van der Waals surface area contributed by atoms with Crippen molar-refractivity contribution in [3.05, 3.63) is 106 Å². The molecule has 38 heavy (non-hydrogen) atoms. The second-order valence-corrected chi connectivity index (χ2v) is 12.3. The Labute approximate surface area is 229 Å². The minimum atomic E-state index is -0.878. The fourth-order valence-corrected chi connectivity index (χ4v) is 6.07. The van der Waals surface area contributed by atoms with Crippen LogP contribution < -0.4 is 4.90 Å². The SMILES string of the molecule is Cc1ccc(CSc2nnc(N3C(=O)C(O)=C(C(=O)c4ccco4)C3c3ccc(C(C)(C)C)cc3)s2)cc1. The molecule has 0 fully saturated rings. The second-order valence-electron chi connectivity index (χ2n) is 10.1. The van der Waals surface area contributed by atoms with Crippen LogP contribution in [0.4, 0.5) is 5.13 Å². The molecule has 1 aliphatic heterocycles. The van der Waals surface area contributed by atoms with E-state index in [0.717, 1.165) is 11.1 Å². The standard InChI is InChI=1S/C29H27N3O4S2/c1-17-7-9-18(10-8-17)16-37-28-31-30-27(38-28)32-23(19-11-13-20(14-12-19)29(2,3)4)22(25(34)26(32)35)24(33)21-6-5-15-36-21/h5-15,23,34H,16H2,1-4H3. The number of benzene rings is 2. The highest BCUT2D eigenvalue weighted by Gasteiger charge is 2.46. The van der Waals surface area contributed by atoms with E-state index in [9.17, 15) is 14.7 Å². The van der Waals surface area contributed by atoms with Gasteiger partial charge in [0.2, 0.25) is 10.9 Å². The Morgan fingerprint density at radius 2 is 1.79 bits per heavy atom. The van der Waals surface area contributed by atoms with Crippen LogP contribution in [0.5, 0.6) is 0 Å². The van der Waals surface area contributed by atoms with E-state index < -0.39 is 23.5 Å². The Kier molecular flexibility index (Phi) is 6.98. The van der Waals surface area contributed by atoms with Crippen molar-refractivity contribution >= 4 is 39.9 Å². The van der Waals surface area contributed by atoms with Crippen molar-refractivity contribution in [3.8, 4) is 0 Å². The Hall–Kier alpha value is -3.69. The molecule has 194 valence electrons. The lowest BCUT2D eigenvalue weighted by Crippen LogP contribution is -2.31. The summed E-state index contributed by atoms with van der Waals surface area (Å²) in [6.45, 7) is 8.38. The minimum Gasteiger partial charge on any atom is -0.503 e. The number of furan rings is 1. The van der Waals surface area contributed by atoms with E-state index in [0.29, 0.717) is 20.8 Å². The first-order chi connectivity index (χ1) is 18.1. The number of aryl methyl sites for hydroxylation is 1. The number of nitrogens with zero attached hydrogens (tertiary/aromatic N) is 3. The number of amides is 1. The van der Waals surface area contributed by atoms with Gasteiger partial charge in [0.05, 0.1) is 17.9 Å². The number of aliphatic hydroxyl groups excluding tert-OH is 1. The predicted molar refractivity (Wildman–Crippen MR) is 149 cm³/mol. The van der Waals surface area contributed by atoms with Crippen molar-refractivity contribution < 1.29 is 19.1 Å². The zero-order chi connectivity index (χ0) is 27.0. The Morgan fingerprint density at radius 1 is 1.08 bits per heavy atom. The molecule has 0 spiro atoms. The average molecular weight is 546 g/mol. The summed E-state index contributed by atoms with van der Waals surface area (Å²) in [5, 5.41) is 19.8. The number of hydrogen-bond donors (Lipinski definition) is 1. The summed E-state index contributed by atoms with van der Waals surface area (Å²) in [4.78, 5) is 28.2. The summed E-state index contributed by atoms with van der Waals surface area (Å²) < 4.78 is 5.99. The van der Waals surface area contributed by atoms with E-state index in [1.165, 1.54) is 45.9 Å². The Balaban J connectivity index is 1.49. The highest BCUT2D eigenvalue weighted by atomic mass is 32.2. The maximum atomic E-state index is 13.4. The number of rotatable bonds is 7. The first kappa shape index (κ1) is 25.9. The number of anilines is 1. The summed E-state index contributed by atoms with van der Waals surface area (Å²) in [5.41, 5.74) is 4.01. The number of aliphatic hydroxyl groups is 1. The Bertz CT molecular complexity index is 1500. The third-order valence-electron chi connectivity index (χ3n) is 6.37. The number of carbonyl (C=O) groups is 2. The fraction of sp³-hybridized carbons (Fsp3) is 0.241. The van der Waals surface area contributed by atoms with Gasteiger partial charge in [0, 0.05) is 5.75 Å². The second kappa shape index (κ2) is 10.2. The molecular formula is C29H27N3O4S2. The summed E-state index contributed by atoms with van der Waals surface area (Å²) in [6.07, 6.45) is 1.38. The average Bonchev–Trinajstić information content (AvgIpc) is 3.64. The summed E-state index contributed by atoms with van der Waals surface area (Å²) in [5.74, 6) is -1.11. The van der Waals surface area contributed by atoms with Crippen LogP contribution in [0.3, 0.4) is 0 Å². The fourth-order valence-electron chi connectivity index (χ4n) is 4.24. The zero-order valence-corrected chi connectivity index (χ0v) is 23.1. The van der Waals surface area contributed by atoms with Gasteiger partial charge in [0.1, 0.15) is 0 Å². The smallest absolute Gasteiger partial charge is 0.296 e. The molecule has 0 saturated heterocycles. The molecule has 5 rings (SSSR count). The van der Waals surface area contributed by atoms with Gasteiger partial charge in [-0.1, -0.05) is 98.0 Å². The molecule has 1 aliphatic rings. The van der Waals surface area contributed by atoms with E-state index in [4.69, 9.17) is 4.42 Å². The van der Waals surface area contributed by atoms with E-state index in [2.05, 4.69) is 55.2 Å². The van der Waals surface area contributed by atoms with Crippen molar-refractivity contribution in [2.75, 3.05) is 4.90 Å². The molecule has 0 aliphatic carbocycles. The van der Waals surface area contributed by atoms with Gasteiger partial charge in [-0.3, -0.25) is 14.5 Å². The summed E-state index contributed by atoms with van der Waals surface area (Å²) >= 11 is 2.77. The highest BCUT2D eigenvalue weighted by molar-refractivity contribution is 8.00. The number of ketones is 1. The van der Waals surface area contributed by atoms with Crippen molar-refractivity contribution in [3.63, 3.8) is 0 Å². The molecule has 1 amide bonds. The van der Waals surface area contributed by atoms with Crippen LogP contribution in [-0.4, -0.2) is 27.0 Å². The molecule has 0 saturated carbocycles. The van der Waals surface area contributed by atoms with Crippen LogP contribution in [0.1, 0.15) is 59.6 Å². The first-order valence-corrected chi connectivity index (χ1v) is 13.9. The maximum Gasteiger partial charge on any atom is 0.296 e. The maximum absolute atomic E-state index is 13.4. The van der Waals surface area contributed by atoms with Crippen LogP contribution >= 0.6 is 23.1 Å².